The van der Waals surface area contributed by atoms with Crippen molar-refractivity contribution in [3.05, 3.63) is 29.8 Å². The normalized spacial score (nSPS) is 12.4. The third-order valence-electron chi connectivity index (χ3n) is 2.34. The first-order valence-electron chi connectivity index (χ1n) is 5.06. The molecule has 0 fully saturated rings. The first kappa shape index (κ1) is 14.1. The van der Waals surface area contributed by atoms with Crippen LogP contribution in [-0.2, 0) is 10.0 Å². The summed E-state index contributed by atoms with van der Waals surface area (Å²) in [5.74, 6) is 0. The molecule has 3 N–H and O–H groups in total. The lowest BCUT2D eigenvalue weighted by Crippen LogP contribution is -2.51. The minimum absolute atomic E-state index is 0.105. The second kappa shape index (κ2) is 4.72. The molecule has 1 rings (SSSR count). The van der Waals surface area contributed by atoms with Gasteiger partial charge in [-0.15, -0.1) is 0 Å². The molecule has 0 aromatic heterocycles. The Balaban J connectivity index is 3.05. The molecule has 0 saturated carbocycles. The Morgan fingerprint density at radius 2 is 1.76 bits per heavy atom. The molecular formula is C11H16N2O2S2. The van der Waals surface area contributed by atoms with E-state index in [9.17, 15) is 8.42 Å². The fourth-order valence-electron chi connectivity index (χ4n) is 1.16. The van der Waals surface area contributed by atoms with E-state index in [2.05, 4.69) is 4.72 Å². The molecule has 0 aliphatic heterocycles. The summed E-state index contributed by atoms with van der Waals surface area (Å²) in [4.78, 5) is 0.306. The lowest BCUT2D eigenvalue weighted by molar-refractivity contribution is 0.546. The van der Waals surface area contributed by atoms with Gasteiger partial charge in [0.1, 0.15) is 0 Å². The lowest BCUT2D eigenvalue weighted by atomic mass is 10.1. The maximum atomic E-state index is 12.0. The molecule has 0 unspecified atom stereocenters. The van der Waals surface area contributed by atoms with Gasteiger partial charge in [-0.05, 0) is 32.9 Å². The van der Waals surface area contributed by atoms with E-state index in [1.807, 2.05) is 6.92 Å². The molecule has 94 valence electrons. The maximum Gasteiger partial charge on any atom is 0.241 e. The van der Waals surface area contributed by atoms with Gasteiger partial charge in [-0.25, -0.2) is 8.42 Å². The Bertz CT molecular complexity index is 519. The van der Waals surface area contributed by atoms with E-state index < -0.39 is 15.6 Å². The number of aryl methyl sites for hydroxylation is 1. The van der Waals surface area contributed by atoms with Gasteiger partial charge in [0.2, 0.25) is 10.0 Å². The number of nitrogens with one attached hydrogen (secondary N) is 1. The van der Waals surface area contributed by atoms with Gasteiger partial charge in [0.05, 0.1) is 15.4 Å². The third-order valence-corrected chi connectivity index (χ3v) is 4.52. The zero-order chi connectivity index (χ0) is 13.3. The molecular weight excluding hydrogens is 256 g/mol. The Morgan fingerprint density at radius 1 is 1.29 bits per heavy atom. The molecule has 4 nitrogen and oxygen atoms in total. The Labute approximate surface area is 107 Å². The van der Waals surface area contributed by atoms with Crippen molar-refractivity contribution in [3.63, 3.8) is 0 Å². The molecule has 1 aromatic rings. The second-order valence-electron chi connectivity index (χ2n) is 4.41. The van der Waals surface area contributed by atoms with Crippen LogP contribution < -0.4 is 10.5 Å². The van der Waals surface area contributed by atoms with Gasteiger partial charge in [0.15, 0.2) is 0 Å². The topological polar surface area (TPSA) is 72.2 Å². The summed E-state index contributed by atoms with van der Waals surface area (Å²) in [5, 5.41) is 0. The fourth-order valence-corrected chi connectivity index (χ4v) is 2.67. The summed E-state index contributed by atoms with van der Waals surface area (Å²) in [6.07, 6.45) is 0. The predicted octanol–water partition coefficient (Wildman–Crippen LogP) is 1.34. The molecule has 0 bridgehead atoms. The van der Waals surface area contributed by atoms with E-state index in [1.54, 1.807) is 38.1 Å². The van der Waals surface area contributed by atoms with Crippen molar-refractivity contribution in [3.8, 4) is 0 Å². The second-order valence-corrected chi connectivity index (χ2v) is 6.53. The summed E-state index contributed by atoms with van der Waals surface area (Å²) in [5.41, 5.74) is 5.54. The van der Waals surface area contributed by atoms with Gasteiger partial charge in [0.25, 0.3) is 0 Å². The zero-order valence-electron chi connectivity index (χ0n) is 10.0. The molecule has 0 aliphatic carbocycles. The highest BCUT2D eigenvalue weighted by Crippen LogP contribution is 2.14. The van der Waals surface area contributed by atoms with Gasteiger partial charge < -0.3 is 5.73 Å². The average molecular weight is 272 g/mol. The van der Waals surface area contributed by atoms with Gasteiger partial charge >= 0.3 is 0 Å². The SMILES string of the molecule is Cc1ccc(S(=O)(=O)NC(C)(C)C(N)=S)cc1. The first-order chi connectivity index (χ1) is 7.65. The van der Waals surface area contributed by atoms with Crippen molar-refractivity contribution in [2.24, 2.45) is 5.73 Å². The van der Waals surface area contributed by atoms with Crippen LogP contribution in [0.4, 0.5) is 0 Å². The molecule has 0 amide bonds. The van der Waals surface area contributed by atoms with Crippen LogP contribution in [0.15, 0.2) is 29.2 Å². The van der Waals surface area contributed by atoms with Crippen molar-refractivity contribution in [2.75, 3.05) is 0 Å². The van der Waals surface area contributed by atoms with Crippen LogP contribution in [0.1, 0.15) is 19.4 Å². The van der Waals surface area contributed by atoms with Gasteiger partial charge in [-0.3, -0.25) is 0 Å². The number of hydrogen-bond acceptors (Lipinski definition) is 3. The molecule has 1 aromatic carbocycles. The van der Waals surface area contributed by atoms with E-state index in [0.717, 1.165) is 5.56 Å². The largest absolute Gasteiger partial charge is 0.392 e. The maximum absolute atomic E-state index is 12.0. The number of rotatable bonds is 4. The number of hydrogen-bond donors (Lipinski definition) is 2. The quantitative estimate of drug-likeness (QED) is 0.811. The first-order valence-corrected chi connectivity index (χ1v) is 6.95. The Hall–Kier alpha value is -0.980. The smallest absolute Gasteiger partial charge is 0.241 e. The van der Waals surface area contributed by atoms with Gasteiger partial charge in [0, 0.05) is 0 Å². The number of sulfonamides is 1. The highest BCUT2D eigenvalue weighted by molar-refractivity contribution is 7.89. The highest BCUT2D eigenvalue weighted by atomic mass is 32.2. The Morgan fingerprint density at radius 3 is 2.18 bits per heavy atom. The third kappa shape index (κ3) is 3.49. The number of benzene rings is 1. The molecule has 0 spiro atoms. The van der Waals surface area contributed by atoms with Crippen LogP contribution >= 0.6 is 12.2 Å². The van der Waals surface area contributed by atoms with Crippen LogP contribution in [0.25, 0.3) is 0 Å². The molecule has 0 atom stereocenters. The van der Waals surface area contributed by atoms with Crippen molar-refractivity contribution < 1.29 is 8.42 Å². The predicted molar refractivity (Wildman–Crippen MR) is 72.4 cm³/mol. The molecule has 0 aliphatic rings. The van der Waals surface area contributed by atoms with E-state index >= 15 is 0 Å². The van der Waals surface area contributed by atoms with E-state index in [0.29, 0.717) is 0 Å². The summed E-state index contributed by atoms with van der Waals surface area (Å²) >= 11 is 4.82. The van der Waals surface area contributed by atoms with E-state index in [1.165, 1.54) is 0 Å². The van der Waals surface area contributed by atoms with Gasteiger partial charge in [-0.1, -0.05) is 29.9 Å². The van der Waals surface area contributed by atoms with Crippen LogP contribution in [0.5, 0.6) is 0 Å². The van der Waals surface area contributed by atoms with Crippen molar-refractivity contribution in [1.29, 1.82) is 0 Å². The van der Waals surface area contributed by atoms with Crippen molar-refractivity contribution in [1.82, 2.24) is 4.72 Å². The van der Waals surface area contributed by atoms with E-state index in [-0.39, 0.29) is 9.88 Å². The average Bonchev–Trinajstić information content (AvgIpc) is 2.16. The van der Waals surface area contributed by atoms with Crippen LogP contribution in [-0.4, -0.2) is 18.9 Å². The summed E-state index contributed by atoms with van der Waals surface area (Å²) < 4.78 is 26.5. The standard InChI is InChI=1S/C11H16N2O2S2/c1-8-4-6-9(7-5-8)17(14,15)13-11(2,3)10(12)16/h4-7,13H,1-3H3,(H2,12,16). The fraction of sp³-hybridized carbons (Fsp3) is 0.364. The van der Waals surface area contributed by atoms with Crippen LogP contribution in [0, 0.1) is 6.92 Å². The number of thiocarbonyl (C=S) groups is 1. The monoisotopic (exact) mass is 272 g/mol. The lowest BCUT2D eigenvalue weighted by Gasteiger charge is -2.24. The molecule has 17 heavy (non-hydrogen) atoms. The van der Waals surface area contributed by atoms with Crippen LogP contribution in [0.2, 0.25) is 0 Å². The summed E-state index contributed by atoms with van der Waals surface area (Å²) in [6, 6.07) is 6.57. The van der Waals surface area contributed by atoms with Crippen molar-refractivity contribution >= 4 is 27.2 Å². The minimum Gasteiger partial charge on any atom is -0.392 e. The van der Waals surface area contributed by atoms with Crippen molar-refractivity contribution in [2.45, 2.75) is 31.2 Å². The van der Waals surface area contributed by atoms with Gasteiger partial charge in [-0.2, -0.15) is 4.72 Å². The highest BCUT2D eigenvalue weighted by Gasteiger charge is 2.28. The minimum atomic E-state index is -3.60. The summed E-state index contributed by atoms with van der Waals surface area (Å²) in [6.45, 7) is 5.14. The summed E-state index contributed by atoms with van der Waals surface area (Å²) in [7, 11) is -3.60. The number of nitrogens with two attached hydrogens (primary N) is 1. The molecule has 0 heterocycles. The zero-order valence-corrected chi connectivity index (χ0v) is 11.7. The molecule has 6 heteroatoms. The van der Waals surface area contributed by atoms with Crippen LogP contribution in [0.3, 0.4) is 0 Å². The Kier molecular flexibility index (Phi) is 3.91. The molecule has 0 radical (unpaired) electrons. The molecule has 0 saturated heterocycles. The van der Waals surface area contributed by atoms with E-state index in [4.69, 9.17) is 18.0 Å².